The molecular formula is C11H14N2. The molecule has 0 amide bonds. The second-order valence-electron chi connectivity index (χ2n) is 2.95. The minimum atomic E-state index is 0.990. The van der Waals surface area contributed by atoms with Crippen LogP contribution in [0.15, 0.2) is 35.5 Å². The van der Waals surface area contributed by atoms with Crippen molar-refractivity contribution in [3.63, 3.8) is 0 Å². The molecule has 0 aliphatic carbocycles. The van der Waals surface area contributed by atoms with Crippen LogP contribution in [0.2, 0.25) is 0 Å². The Morgan fingerprint density at radius 3 is 2.69 bits per heavy atom. The van der Waals surface area contributed by atoms with Crippen molar-refractivity contribution in [2.24, 2.45) is 10.7 Å². The van der Waals surface area contributed by atoms with Crippen molar-refractivity contribution in [3.05, 3.63) is 41.6 Å². The molecule has 0 saturated heterocycles. The van der Waals surface area contributed by atoms with E-state index in [-0.39, 0.29) is 0 Å². The molecule has 0 aromatic heterocycles. The smallest absolute Gasteiger partial charge is 0.0658 e. The number of rotatable bonds is 2. The van der Waals surface area contributed by atoms with E-state index in [0.29, 0.717) is 0 Å². The average Bonchev–Trinajstić information content (AvgIpc) is 2.09. The van der Waals surface area contributed by atoms with Gasteiger partial charge in [-0.15, -0.1) is 0 Å². The monoisotopic (exact) mass is 174 g/mol. The molecule has 1 aromatic carbocycles. The third kappa shape index (κ3) is 2.75. The number of nitrogens with two attached hydrogens (primary N) is 1. The van der Waals surface area contributed by atoms with Crippen LogP contribution in [0, 0.1) is 13.8 Å². The Hall–Kier alpha value is -1.57. The molecule has 2 nitrogen and oxygen atoms in total. The molecule has 0 bridgehead atoms. The number of hydrogen-bond donors (Lipinski definition) is 1. The highest BCUT2D eigenvalue weighted by Gasteiger charge is 1.93. The summed E-state index contributed by atoms with van der Waals surface area (Å²) in [5, 5.41) is 0. The average molecular weight is 174 g/mol. The fourth-order valence-electron chi connectivity index (χ4n) is 1.12. The predicted molar refractivity (Wildman–Crippen MR) is 57.4 cm³/mol. The first-order chi connectivity index (χ1) is 6.24. The summed E-state index contributed by atoms with van der Waals surface area (Å²) >= 11 is 0. The van der Waals surface area contributed by atoms with Gasteiger partial charge in [0, 0.05) is 6.21 Å². The minimum absolute atomic E-state index is 0.990. The van der Waals surface area contributed by atoms with Crippen LogP contribution in [0.4, 0.5) is 5.69 Å². The van der Waals surface area contributed by atoms with Gasteiger partial charge in [-0.1, -0.05) is 17.7 Å². The van der Waals surface area contributed by atoms with Crippen molar-refractivity contribution in [3.8, 4) is 0 Å². The molecule has 2 N–H and O–H groups in total. The molecule has 0 atom stereocenters. The second-order valence-corrected chi connectivity index (χ2v) is 2.95. The van der Waals surface area contributed by atoms with E-state index >= 15 is 0 Å². The van der Waals surface area contributed by atoms with Gasteiger partial charge >= 0.3 is 0 Å². The predicted octanol–water partition coefficient (Wildman–Crippen LogP) is 2.48. The van der Waals surface area contributed by atoms with Gasteiger partial charge in [0.1, 0.15) is 0 Å². The topological polar surface area (TPSA) is 38.4 Å². The Kier molecular flexibility index (Phi) is 3.26. The third-order valence-corrected chi connectivity index (χ3v) is 1.76. The van der Waals surface area contributed by atoms with Gasteiger partial charge in [-0.05, 0) is 37.8 Å². The molecule has 0 spiro atoms. The van der Waals surface area contributed by atoms with Crippen molar-refractivity contribution in [1.82, 2.24) is 0 Å². The van der Waals surface area contributed by atoms with Crippen LogP contribution >= 0.6 is 0 Å². The lowest BCUT2D eigenvalue weighted by Gasteiger charge is -1.99. The number of hydrogen-bond acceptors (Lipinski definition) is 2. The summed E-state index contributed by atoms with van der Waals surface area (Å²) < 4.78 is 0. The molecule has 0 saturated carbocycles. The van der Waals surface area contributed by atoms with E-state index in [1.807, 2.05) is 19.1 Å². The zero-order valence-electron chi connectivity index (χ0n) is 7.99. The van der Waals surface area contributed by atoms with Gasteiger partial charge in [0.25, 0.3) is 0 Å². The van der Waals surface area contributed by atoms with Crippen LogP contribution in [0.1, 0.15) is 11.1 Å². The molecule has 0 fully saturated rings. The van der Waals surface area contributed by atoms with E-state index in [9.17, 15) is 0 Å². The summed E-state index contributed by atoms with van der Waals surface area (Å²) in [7, 11) is 0. The number of benzene rings is 1. The van der Waals surface area contributed by atoms with E-state index in [0.717, 1.165) is 5.69 Å². The summed E-state index contributed by atoms with van der Waals surface area (Å²) in [6, 6.07) is 6.16. The van der Waals surface area contributed by atoms with Crippen LogP contribution < -0.4 is 5.73 Å². The maximum absolute atomic E-state index is 5.18. The molecule has 0 radical (unpaired) electrons. The number of nitrogens with zero attached hydrogens (tertiary/aromatic N) is 1. The lowest BCUT2D eigenvalue weighted by atomic mass is 10.1. The van der Waals surface area contributed by atoms with Crippen LogP contribution in [-0.2, 0) is 0 Å². The Bertz CT molecular complexity index is 338. The SMILES string of the molecule is Cc1ccc(N=C/C=C\N)c(C)c1. The van der Waals surface area contributed by atoms with Gasteiger partial charge < -0.3 is 5.73 Å². The lowest BCUT2D eigenvalue weighted by Crippen LogP contribution is -1.79. The Labute approximate surface area is 78.8 Å². The number of aryl methyl sites for hydroxylation is 2. The third-order valence-electron chi connectivity index (χ3n) is 1.76. The second kappa shape index (κ2) is 4.45. The van der Waals surface area contributed by atoms with Gasteiger partial charge in [0.2, 0.25) is 0 Å². The van der Waals surface area contributed by atoms with E-state index in [4.69, 9.17) is 5.73 Å². The van der Waals surface area contributed by atoms with E-state index in [2.05, 4.69) is 18.0 Å². The van der Waals surface area contributed by atoms with Crippen LogP contribution in [0.5, 0.6) is 0 Å². The molecule has 13 heavy (non-hydrogen) atoms. The first-order valence-corrected chi connectivity index (χ1v) is 4.22. The van der Waals surface area contributed by atoms with Crippen molar-refractivity contribution in [2.45, 2.75) is 13.8 Å². The first-order valence-electron chi connectivity index (χ1n) is 4.22. The van der Waals surface area contributed by atoms with E-state index < -0.39 is 0 Å². The number of allylic oxidation sites excluding steroid dienone is 1. The van der Waals surface area contributed by atoms with Crippen molar-refractivity contribution in [1.29, 1.82) is 0 Å². The van der Waals surface area contributed by atoms with E-state index in [1.165, 1.54) is 17.3 Å². The lowest BCUT2D eigenvalue weighted by molar-refractivity contribution is 1.35. The molecule has 0 unspecified atom stereocenters. The Balaban J connectivity index is 2.89. The molecule has 0 aliphatic heterocycles. The van der Waals surface area contributed by atoms with E-state index in [1.54, 1.807) is 12.3 Å². The van der Waals surface area contributed by atoms with Gasteiger partial charge in [-0.25, -0.2) is 0 Å². The molecule has 2 heteroatoms. The highest BCUT2D eigenvalue weighted by Crippen LogP contribution is 2.18. The van der Waals surface area contributed by atoms with Gasteiger partial charge in [0.15, 0.2) is 0 Å². The Morgan fingerprint density at radius 2 is 2.08 bits per heavy atom. The maximum atomic E-state index is 5.18. The molecule has 0 aliphatic rings. The van der Waals surface area contributed by atoms with Crippen molar-refractivity contribution >= 4 is 11.9 Å². The van der Waals surface area contributed by atoms with Crippen LogP contribution in [-0.4, -0.2) is 6.21 Å². The largest absolute Gasteiger partial charge is 0.405 e. The quantitative estimate of drug-likeness (QED) is 0.687. The van der Waals surface area contributed by atoms with Crippen molar-refractivity contribution in [2.75, 3.05) is 0 Å². The zero-order valence-corrected chi connectivity index (χ0v) is 7.99. The molecule has 0 heterocycles. The van der Waals surface area contributed by atoms with Gasteiger partial charge in [-0.3, -0.25) is 4.99 Å². The fourth-order valence-corrected chi connectivity index (χ4v) is 1.12. The summed E-state index contributed by atoms with van der Waals surface area (Å²) in [4.78, 5) is 4.24. The summed E-state index contributed by atoms with van der Waals surface area (Å²) in [5.41, 5.74) is 8.61. The molecule has 1 aromatic rings. The van der Waals surface area contributed by atoms with Crippen molar-refractivity contribution < 1.29 is 0 Å². The van der Waals surface area contributed by atoms with Gasteiger partial charge in [0.05, 0.1) is 5.69 Å². The highest BCUT2D eigenvalue weighted by atomic mass is 14.7. The van der Waals surface area contributed by atoms with Gasteiger partial charge in [-0.2, -0.15) is 0 Å². The maximum Gasteiger partial charge on any atom is 0.0658 e. The summed E-state index contributed by atoms with van der Waals surface area (Å²) in [6.45, 7) is 4.12. The Morgan fingerprint density at radius 1 is 1.31 bits per heavy atom. The highest BCUT2D eigenvalue weighted by molar-refractivity contribution is 5.74. The molecule has 68 valence electrons. The first kappa shape index (κ1) is 9.52. The normalized spacial score (nSPS) is 11.5. The standard InChI is InChI=1S/C11H14N2/c1-9-4-5-11(10(2)8-9)13-7-3-6-12/h3-8H,12H2,1-2H3/b6-3-,13-7?. The fraction of sp³-hybridized carbons (Fsp3) is 0.182. The minimum Gasteiger partial charge on any atom is -0.405 e. The summed E-state index contributed by atoms with van der Waals surface area (Å²) in [5.74, 6) is 0. The number of aliphatic imine (C=N–C) groups is 1. The van der Waals surface area contributed by atoms with Crippen LogP contribution in [0.25, 0.3) is 0 Å². The van der Waals surface area contributed by atoms with Crippen LogP contribution in [0.3, 0.4) is 0 Å². The molecular weight excluding hydrogens is 160 g/mol. The zero-order chi connectivity index (χ0) is 9.68. The summed E-state index contributed by atoms with van der Waals surface area (Å²) in [6.07, 6.45) is 4.87. The molecule has 1 rings (SSSR count).